The van der Waals surface area contributed by atoms with Gasteiger partial charge in [0, 0.05) is 9.52 Å². The van der Waals surface area contributed by atoms with E-state index in [1.807, 2.05) is 0 Å². The Morgan fingerprint density at radius 2 is 1.12 bits per heavy atom. The molecule has 0 fully saturated rings. The van der Waals surface area contributed by atoms with Crippen molar-refractivity contribution < 1.29 is 20.8 Å². The Morgan fingerprint density at radius 3 is 1.56 bits per heavy atom. The summed E-state index contributed by atoms with van der Waals surface area (Å²) < 4.78 is 0. The zero-order chi connectivity index (χ0) is 35.6. The predicted molar refractivity (Wildman–Crippen MR) is 220 cm³/mol. The molecule has 6 aromatic rings. The summed E-state index contributed by atoms with van der Waals surface area (Å²) in [6.07, 6.45) is 0. The number of benzene rings is 4. The van der Waals surface area contributed by atoms with Crippen LogP contribution in [0.5, 0.6) is 0 Å². The van der Waals surface area contributed by atoms with E-state index in [1.165, 1.54) is 65.7 Å². The number of hydrogen-bond acceptors (Lipinski definition) is 0. The van der Waals surface area contributed by atoms with Gasteiger partial charge >= 0.3 is 37.9 Å². The van der Waals surface area contributed by atoms with Gasteiger partial charge in [-0.1, -0.05) is 151 Å². The average Bonchev–Trinajstić information content (AvgIpc) is 3.65. The van der Waals surface area contributed by atoms with Crippen molar-refractivity contribution in [2.45, 2.75) is 85.6 Å². The zero-order valence-corrected chi connectivity index (χ0v) is 36.7. The van der Waals surface area contributed by atoms with Gasteiger partial charge in [-0.3, -0.25) is 0 Å². The van der Waals surface area contributed by atoms with Crippen LogP contribution in [0.15, 0.2) is 109 Å². The third-order valence-corrected chi connectivity index (χ3v) is 10.5. The van der Waals surface area contributed by atoms with Crippen molar-refractivity contribution in [2.24, 2.45) is 0 Å². The second kappa shape index (κ2) is 18.3. The van der Waals surface area contributed by atoms with Crippen molar-refractivity contribution in [3.63, 3.8) is 0 Å². The minimum absolute atomic E-state index is 0.204. The summed E-state index contributed by atoms with van der Waals surface area (Å²) in [4.78, 5) is 0. The van der Waals surface area contributed by atoms with Crippen molar-refractivity contribution in [3.8, 4) is 22.3 Å². The van der Waals surface area contributed by atoms with E-state index < -0.39 is 28.9 Å². The first-order valence-corrected chi connectivity index (χ1v) is 28.6. The zero-order valence-electron chi connectivity index (χ0n) is 30.7. The Balaban J connectivity index is 0.000000225. The number of fused-ring (bicyclic) bond motifs is 2. The van der Waals surface area contributed by atoms with Gasteiger partial charge in [0.25, 0.3) is 0 Å². The molecule has 0 N–H and O–H groups in total. The summed E-state index contributed by atoms with van der Waals surface area (Å²) in [5.41, 5.74) is 9.66. The van der Waals surface area contributed by atoms with Crippen LogP contribution in [-0.4, -0.2) is 17.6 Å². The van der Waals surface area contributed by atoms with Crippen LogP contribution in [0.4, 0.5) is 0 Å². The summed E-state index contributed by atoms with van der Waals surface area (Å²) in [6.45, 7) is 24.9. The molecule has 6 rings (SSSR count). The molecule has 250 valence electrons. The van der Waals surface area contributed by atoms with Crippen LogP contribution < -0.4 is 5.19 Å². The quantitative estimate of drug-likeness (QED) is 0.123. The Labute approximate surface area is 313 Å². The van der Waals surface area contributed by atoms with E-state index in [1.54, 1.807) is 0 Å². The molecule has 48 heavy (non-hydrogen) atoms. The van der Waals surface area contributed by atoms with E-state index in [4.69, 9.17) is 17.0 Å². The molecule has 2 radical (unpaired) electrons. The van der Waals surface area contributed by atoms with Gasteiger partial charge in [0.2, 0.25) is 0 Å². The third-order valence-electron chi connectivity index (χ3n) is 8.46. The van der Waals surface area contributed by atoms with Gasteiger partial charge < -0.3 is 0 Å². The molecular weight excluding hydrogens is 735 g/mol. The molecule has 0 nitrogen and oxygen atoms in total. The second-order valence-electron chi connectivity index (χ2n) is 14.8. The normalized spacial score (nSPS) is 11.2. The molecule has 5 heteroatoms. The van der Waals surface area contributed by atoms with Crippen LogP contribution in [0.1, 0.15) is 57.2 Å². The summed E-state index contributed by atoms with van der Waals surface area (Å²) >= 11 is -0.826. The van der Waals surface area contributed by atoms with E-state index in [9.17, 15) is 0 Å². The summed E-state index contributed by atoms with van der Waals surface area (Å²) in [5, 5.41) is 6.95. The molecule has 0 heterocycles. The fraction of sp³-hybridized carbons (Fsp3) is 0.302. The number of aryl methyl sites for hydroxylation is 1. The van der Waals surface area contributed by atoms with Gasteiger partial charge in [0.15, 0.2) is 0 Å². The van der Waals surface area contributed by atoms with Crippen LogP contribution >= 0.6 is 17.0 Å². The van der Waals surface area contributed by atoms with Crippen molar-refractivity contribution in [1.82, 2.24) is 0 Å². The molecule has 6 aromatic carbocycles. The summed E-state index contributed by atoms with van der Waals surface area (Å²) in [6, 6.07) is 40.7. The molecule has 0 aliphatic rings. The monoisotopic (exact) mass is 784 g/mol. The van der Waals surface area contributed by atoms with Crippen LogP contribution in [0.25, 0.3) is 43.8 Å². The summed E-state index contributed by atoms with van der Waals surface area (Å²) in [5.74, 6) is 0.573. The van der Waals surface area contributed by atoms with E-state index in [0.717, 1.165) is 9.52 Å². The minimum atomic E-state index is -1.21. The first-order chi connectivity index (χ1) is 22.6. The fourth-order valence-corrected chi connectivity index (χ4v) is 6.95. The van der Waals surface area contributed by atoms with Gasteiger partial charge in [0.1, 0.15) is 0 Å². The van der Waals surface area contributed by atoms with Gasteiger partial charge in [-0.05, 0) is 28.0 Å². The Kier molecular flexibility index (Phi) is 15.4. The molecule has 0 aliphatic heterocycles. The Hall–Kier alpha value is -2.00. The first kappa shape index (κ1) is 40.4. The molecule has 0 amide bonds. The van der Waals surface area contributed by atoms with E-state index in [2.05, 4.69) is 183 Å². The number of rotatable bonds is 4. The molecule has 0 spiro atoms. The molecule has 0 aromatic heterocycles. The van der Waals surface area contributed by atoms with E-state index >= 15 is 0 Å². The van der Waals surface area contributed by atoms with Crippen molar-refractivity contribution in [3.05, 3.63) is 126 Å². The molecule has 0 atom stereocenters. The predicted octanol–water partition coefficient (Wildman–Crippen LogP) is 13.9. The second-order valence-corrected chi connectivity index (χ2v) is 24.6. The molecule has 0 aliphatic carbocycles. The standard InChI is InChI=1S/C22H25.C19H21Si.C2H6Si.2ClH.Zr/c1-15(2)18-13-17-7-6-8-20(21(17)14-18)16-9-11-19(12-10-16)22(3,4)5;1-14-12-16-6-5-7-18(19(16)13-14)15-8-10-17(11-9-15)20(2,3)4;1-3-2;;;/h6-15H,1-5H3;5-13H,1-4H3;1-2H3;2*1H;/q2*-1;;;;+4/p-2. The van der Waals surface area contributed by atoms with Crippen molar-refractivity contribution in [2.75, 3.05) is 0 Å². The molecule has 0 saturated carbocycles. The molecular formula is C43H52Cl2Si2Zr. The topological polar surface area (TPSA) is 0 Å². The number of hydrogen-bond donors (Lipinski definition) is 0. The van der Waals surface area contributed by atoms with Gasteiger partial charge in [-0.15, -0.1) is 69.1 Å². The SMILES string of the molecule is CC(C)c1cc2c(-c3ccc(C(C)(C)C)cc3)cccc2[cH-]1.C[Si]C.Cc1cc2c(-c3ccc([Si](C)(C)C)cc3)cccc2[cH-]1.[Cl][Zr+2][Cl]. The average molecular weight is 787 g/mol. The molecule has 0 saturated heterocycles. The van der Waals surface area contributed by atoms with Crippen molar-refractivity contribution in [1.29, 1.82) is 0 Å². The van der Waals surface area contributed by atoms with Gasteiger partial charge in [0.05, 0.1) is 8.07 Å². The van der Waals surface area contributed by atoms with Gasteiger partial charge in [-0.25, -0.2) is 0 Å². The third kappa shape index (κ3) is 11.0. The maximum absolute atomic E-state index is 4.93. The first-order valence-electron chi connectivity index (χ1n) is 16.8. The number of halogens is 2. The molecule has 0 bridgehead atoms. The van der Waals surface area contributed by atoms with Crippen LogP contribution in [0.2, 0.25) is 32.7 Å². The fourth-order valence-electron chi connectivity index (χ4n) is 5.78. The van der Waals surface area contributed by atoms with Gasteiger partial charge in [-0.2, -0.15) is 12.1 Å². The van der Waals surface area contributed by atoms with Crippen LogP contribution in [-0.2, 0) is 26.3 Å². The van der Waals surface area contributed by atoms with Crippen LogP contribution in [0, 0.1) is 6.92 Å². The summed E-state index contributed by atoms with van der Waals surface area (Å²) in [7, 11) is 9.74. The van der Waals surface area contributed by atoms with Crippen molar-refractivity contribution >= 4 is 61.4 Å². The van der Waals surface area contributed by atoms with E-state index in [-0.39, 0.29) is 5.41 Å². The Morgan fingerprint density at radius 1 is 0.688 bits per heavy atom. The molecule has 0 unspecified atom stereocenters. The van der Waals surface area contributed by atoms with Crippen LogP contribution in [0.3, 0.4) is 0 Å². The maximum atomic E-state index is 4.93. The Bertz CT molecular complexity index is 1850. The van der Waals surface area contributed by atoms with E-state index in [0.29, 0.717) is 5.92 Å².